The predicted molar refractivity (Wildman–Crippen MR) is 83.0 cm³/mol. The monoisotopic (exact) mass is 277 g/mol. The normalized spacial score (nSPS) is 20.8. The minimum atomic E-state index is -0.0468. The summed E-state index contributed by atoms with van der Waals surface area (Å²) in [6, 6.07) is 2.08. The van der Waals surface area contributed by atoms with Crippen molar-refractivity contribution in [1.29, 1.82) is 0 Å². The first-order valence-corrected chi connectivity index (χ1v) is 7.46. The van der Waals surface area contributed by atoms with Crippen molar-refractivity contribution in [2.75, 3.05) is 18.8 Å². The zero-order valence-corrected chi connectivity index (χ0v) is 12.8. The van der Waals surface area contributed by atoms with Gasteiger partial charge in [0.2, 0.25) is 0 Å². The highest BCUT2D eigenvalue weighted by molar-refractivity contribution is 5.44. The van der Waals surface area contributed by atoms with E-state index in [9.17, 15) is 0 Å². The van der Waals surface area contributed by atoms with Gasteiger partial charge in [-0.25, -0.2) is 4.98 Å². The van der Waals surface area contributed by atoms with Gasteiger partial charge in [-0.2, -0.15) is 0 Å². The highest BCUT2D eigenvalue weighted by atomic mass is 15.3. The molecule has 0 amide bonds. The number of rotatable bonds is 5. The van der Waals surface area contributed by atoms with Crippen molar-refractivity contribution in [3.8, 4) is 0 Å². The summed E-state index contributed by atoms with van der Waals surface area (Å²) >= 11 is 0. The highest BCUT2D eigenvalue weighted by Gasteiger charge is 2.40. The third-order valence-corrected chi connectivity index (χ3v) is 4.73. The molecule has 5 nitrogen and oxygen atoms in total. The molecular weight excluding hydrogens is 250 g/mol. The zero-order valence-electron chi connectivity index (χ0n) is 12.8. The van der Waals surface area contributed by atoms with E-state index in [0.29, 0.717) is 5.82 Å². The molecule has 1 fully saturated rings. The van der Waals surface area contributed by atoms with Gasteiger partial charge in [0.05, 0.1) is 6.04 Å². The first kappa shape index (κ1) is 15.2. The lowest BCUT2D eigenvalue weighted by molar-refractivity contribution is 0.0841. The van der Waals surface area contributed by atoms with Crippen molar-refractivity contribution >= 4 is 5.82 Å². The molecule has 5 N–H and O–H groups in total. The molecule has 1 saturated heterocycles. The summed E-state index contributed by atoms with van der Waals surface area (Å²) in [5.41, 5.74) is 11.1. The SMILES string of the molecule is CCC(C)(C(NN)c1cc(C)cnc1N)N1CCCC1. The van der Waals surface area contributed by atoms with E-state index in [1.54, 1.807) is 6.20 Å². The van der Waals surface area contributed by atoms with E-state index in [1.807, 2.05) is 6.92 Å². The summed E-state index contributed by atoms with van der Waals surface area (Å²) in [5.74, 6) is 6.46. The van der Waals surface area contributed by atoms with E-state index in [0.717, 1.165) is 30.6 Å². The lowest BCUT2D eigenvalue weighted by atomic mass is 9.83. The lowest BCUT2D eigenvalue weighted by Crippen LogP contribution is -2.55. The maximum atomic E-state index is 6.09. The average Bonchev–Trinajstić information content (AvgIpc) is 2.97. The van der Waals surface area contributed by atoms with E-state index in [2.05, 4.69) is 35.2 Å². The highest BCUT2D eigenvalue weighted by Crippen LogP contribution is 2.37. The van der Waals surface area contributed by atoms with Crippen molar-refractivity contribution < 1.29 is 0 Å². The van der Waals surface area contributed by atoms with Crippen LogP contribution in [-0.4, -0.2) is 28.5 Å². The first-order chi connectivity index (χ1) is 9.52. The van der Waals surface area contributed by atoms with Crippen LogP contribution < -0.4 is 17.0 Å². The molecular formula is C15H27N5. The standard InChI is InChI=1S/C15H27N5/c1-4-15(3,20-7-5-6-8-20)13(19-17)12-9-11(2)10-18-14(12)16/h9-10,13,19H,4-8,17H2,1-3H3,(H2,16,18). The fourth-order valence-corrected chi connectivity index (χ4v) is 3.28. The molecule has 1 aliphatic rings. The summed E-state index contributed by atoms with van der Waals surface area (Å²) < 4.78 is 0. The molecule has 5 heteroatoms. The summed E-state index contributed by atoms with van der Waals surface area (Å²) in [6.07, 6.45) is 5.32. The fourth-order valence-electron chi connectivity index (χ4n) is 3.28. The quantitative estimate of drug-likeness (QED) is 0.564. The van der Waals surface area contributed by atoms with Gasteiger partial charge in [0, 0.05) is 17.3 Å². The van der Waals surface area contributed by atoms with Crippen LogP contribution in [0.2, 0.25) is 0 Å². The molecule has 0 aromatic carbocycles. The van der Waals surface area contributed by atoms with Gasteiger partial charge in [0.1, 0.15) is 5.82 Å². The third-order valence-electron chi connectivity index (χ3n) is 4.73. The Hall–Kier alpha value is -1.17. The molecule has 0 saturated carbocycles. The van der Waals surface area contributed by atoms with Gasteiger partial charge >= 0.3 is 0 Å². The summed E-state index contributed by atoms with van der Waals surface area (Å²) in [7, 11) is 0. The van der Waals surface area contributed by atoms with E-state index in [-0.39, 0.29) is 11.6 Å². The Labute approximate surface area is 121 Å². The zero-order chi connectivity index (χ0) is 14.8. The van der Waals surface area contributed by atoms with Crippen LogP contribution in [0.4, 0.5) is 5.82 Å². The van der Waals surface area contributed by atoms with Crippen LogP contribution in [0.1, 0.15) is 50.3 Å². The number of nitrogen functional groups attached to an aromatic ring is 1. The van der Waals surface area contributed by atoms with Gasteiger partial charge in [-0.3, -0.25) is 16.2 Å². The molecule has 0 radical (unpaired) electrons. The predicted octanol–water partition coefficient (Wildman–Crippen LogP) is 1.74. The number of hydrogen-bond donors (Lipinski definition) is 3. The Balaban J connectivity index is 2.40. The van der Waals surface area contributed by atoms with Crippen LogP contribution in [-0.2, 0) is 0 Å². The van der Waals surface area contributed by atoms with Crippen LogP contribution in [0.15, 0.2) is 12.3 Å². The summed E-state index contributed by atoms with van der Waals surface area (Å²) in [4.78, 5) is 6.81. The molecule has 112 valence electrons. The number of pyridine rings is 1. The smallest absolute Gasteiger partial charge is 0.128 e. The van der Waals surface area contributed by atoms with Gasteiger partial charge in [0.25, 0.3) is 0 Å². The van der Waals surface area contributed by atoms with E-state index in [1.165, 1.54) is 12.8 Å². The fraction of sp³-hybridized carbons (Fsp3) is 0.667. The third kappa shape index (κ3) is 2.66. The molecule has 2 unspecified atom stereocenters. The second kappa shape index (κ2) is 6.08. The second-order valence-electron chi connectivity index (χ2n) is 5.99. The first-order valence-electron chi connectivity index (χ1n) is 7.46. The Morgan fingerprint density at radius 2 is 2.10 bits per heavy atom. The summed E-state index contributed by atoms with van der Waals surface area (Å²) in [6.45, 7) is 8.76. The van der Waals surface area contributed by atoms with Crippen LogP contribution in [0, 0.1) is 6.92 Å². The average molecular weight is 277 g/mol. The minimum Gasteiger partial charge on any atom is -0.383 e. The molecule has 1 aromatic rings. The Morgan fingerprint density at radius 1 is 1.45 bits per heavy atom. The van der Waals surface area contributed by atoms with Gasteiger partial charge in [-0.15, -0.1) is 0 Å². The Bertz CT molecular complexity index is 456. The van der Waals surface area contributed by atoms with E-state index < -0.39 is 0 Å². The molecule has 1 aliphatic heterocycles. The Morgan fingerprint density at radius 3 is 2.65 bits per heavy atom. The number of nitrogens with two attached hydrogens (primary N) is 2. The Kier molecular flexibility index (Phi) is 4.62. The minimum absolute atomic E-state index is 0.0157. The van der Waals surface area contributed by atoms with Crippen LogP contribution in [0.25, 0.3) is 0 Å². The van der Waals surface area contributed by atoms with Gasteiger partial charge in [-0.05, 0) is 57.8 Å². The number of likely N-dealkylation sites (tertiary alicyclic amines) is 1. The number of nitrogens with zero attached hydrogens (tertiary/aromatic N) is 2. The number of anilines is 1. The van der Waals surface area contributed by atoms with Crippen molar-refractivity contribution in [3.63, 3.8) is 0 Å². The molecule has 2 rings (SSSR count). The second-order valence-corrected chi connectivity index (χ2v) is 5.99. The van der Waals surface area contributed by atoms with Gasteiger partial charge < -0.3 is 5.73 Å². The van der Waals surface area contributed by atoms with Crippen LogP contribution in [0.3, 0.4) is 0 Å². The van der Waals surface area contributed by atoms with Crippen LogP contribution in [0.5, 0.6) is 0 Å². The molecule has 0 aliphatic carbocycles. The van der Waals surface area contributed by atoms with Crippen molar-refractivity contribution in [2.24, 2.45) is 5.84 Å². The maximum Gasteiger partial charge on any atom is 0.128 e. The molecule has 0 bridgehead atoms. The van der Waals surface area contributed by atoms with E-state index >= 15 is 0 Å². The topological polar surface area (TPSA) is 80.2 Å². The van der Waals surface area contributed by atoms with Crippen LogP contribution >= 0.6 is 0 Å². The number of aryl methyl sites for hydroxylation is 1. The molecule has 2 heterocycles. The number of hydrazine groups is 1. The van der Waals surface area contributed by atoms with Gasteiger partial charge in [-0.1, -0.05) is 6.92 Å². The van der Waals surface area contributed by atoms with Gasteiger partial charge in [0.15, 0.2) is 0 Å². The maximum absolute atomic E-state index is 6.09. The van der Waals surface area contributed by atoms with Crippen molar-refractivity contribution in [3.05, 3.63) is 23.4 Å². The number of hydrogen-bond acceptors (Lipinski definition) is 5. The molecule has 1 aromatic heterocycles. The largest absolute Gasteiger partial charge is 0.383 e. The number of nitrogens with one attached hydrogen (secondary N) is 1. The number of aromatic nitrogens is 1. The van der Waals surface area contributed by atoms with E-state index in [4.69, 9.17) is 11.6 Å². The molecule has 20 heavy (non-hydrogen) atoms. The van der Waals surface area contributed by atoms with Crippen molar-refractivity contribution in [2.45, 2.75) is 51.6 Å². The van der Waals surface area contributed by atoms with Crippen molar-refractivity contribution in [1.82, 2.24) is 15.3 Å². The molecule has 2 atom stereocenters. The summed E-state index contributed by atoms with van der Waals surface area (Å²) in [5, 5.41) is 0. The molecule has 0 spiro atoms. The lowest BCUT2D eigenvalue weighted by Gasteiger charge is -2.44.